The summed E-state index contributed by atoms with van der Waals surface area (Å²) in [7, 11) is 0. The fraction of sp³-hybridized carbons (Fsp3) is 0.348. The fourth-order valence-corrected chi connectivity index (χ4v) is 3.55. The molecule has 0 radical (unpaired) electrons. The van der Waals surface area contributed by atoms with Gasteiger partial charge in [0, 0.05) is 50.0 Å². The maximum absolute atomic E-state index is 12.8. The van der Waals surface area contributed by atoms with Crippen LogP contribution in [0.1, 0.15) is 29.8 Å². The molecule has 0 N–H and O–H groups in total. The second kappa shape index (κ2) is 8.90. The molecule has 3 rings (SSSR count). The highest BCUT2D eigenvalue weighted by Gasteiger charge is 2.24. The monoisotopic (exact) mass is 393 g/mol. The van der Waals surface area contributed by atoms with Gasteiger partial charge in [0.05, 0.1) is 0 Å². The first-order chi connectivity index (χ1) is 13.8. The molecule has 6 nitrogen and oxygen atoms in total. The average Bonchev–Trinajstić information content (AvgIpc) is 2.71. The zero-order valence-corrected chi connectivity index (χ0v) is 17.2. The van der Waals surface area contributed by atoms with Gasteiger partial charge in [-0.15, -0.1) is 0 Å². The summed E-state index contributed by atoms with van der Waals surface area (Å²) >= 11 is 0. The van der Waals surface area contributed by atoms with Crippen molar-refractivity contribution in [2.45, 2.75) is 20.8 Å². The van der Waals surface area contributed by atoms with Crippen LogP contribution in [-0.4, -0.2) is 55.2 Å². The number of hydrogen-bond donors (Lipinski definition) is 0. The summed E-state index contributed by atoms with van der Waals surface area (Å²) in [6.07, 6.45) is 0. The highest BCUT2D eigenvalue weighted by molar-refractivity contribution is 6.00. The Morgan fingerprint density at radius 3 is 2.24 bits per heavy atom. The van der Waals surface area contributed by atoms with Gasteiger partial charge in [0.2, 0.25) is 11.8 Å². The molecule has 1 fully saturated rings. The molecule has 6 heteroatoms. The topological polar surface area (TPSA) is 60.9 Å². The Kier molecular flexibility index (Phi) is 6.32. The molecule has 2 aromatic carbocycles. The van der Waals surface area contributed by atoms with Crippen LogP contribution in [0.15, 0.2) is 48.5 Å². The van der Waals surface area contributed by atoms with E-state index in [0.717, 1.165) is 13.1 Å². The second-order valence-electron chi connectivity index (χ2n) is 7.42. The van der Waals surface area contributed by atoms with E-state index in [-0.39, 0.29) is 24.1 Å². The van der Waals surface area contributed by atoms with Crippen molar-refractivity contribution in [2.75, 3.05) is 42.5 Å². The Balaban J connectivity index is 1.65. The summed E-state index contributed by atoms with van der Waals surface area (Å²) in [6.45, 7) is 7.71. The van der Waals surface area contributed by atoms with Gasteiger partial charge in [-0.1, -0.05) is 24.3 Å². The summed E-state index contributed by atoms with van der Waals surface area (Å²) in [5.41, 5.74) is 3.47. The second-order valence-corrected chi connectivity index (χ2v) is 7.42. The van der Waals surface area contributed by atoms with Crippen molar-refractivity contribution in [1.82, 2.24) is 4.90 Å². The van der Waals surface area contributed by atoms with Crippen LogP contribution < -0.4 is 9.80 Å². The molecule has 0 aromatic heterocycles. The molecule has 1 saturated heterocycles. The summed E-state index contributed by atoms with van der Waals surface area (Å²) < 4.78 is 0. The lowest BCUT2D eigenvalue weighted by atomic mass is 10.1. The SMILES string of the molecule is CC(=O)c1cccc(N(CC(=O)N2CCN(c3cccc(C)c3)CC2)C(C)=O)c1. The number of benzene rings is 2. The van der Waals surface area contributed by atoms with Gasteiger partial charge in [0.1, 0.15) is 6.54 Å². The normalized spacial score (nSPS) is 13.9. The molecule has 0 aliphatic carbocycles. The summed E-state index contributed by atoms with van der Waals surface area (Å²) in [4.78, 5) is 42.2. The first kappa shape index (κ1) is 20.6. The molecule has 0 saturated carbocycles. The van der Waals surface area contributed by atoms with Gasteiger partial charge >= 0.3 is 0 Å². The third-order valence-electron chi connectivity index (χ3n) is 5.24. The fourth-order valence-electron chi connectivity index (χ4n) is 3.55. The van der Waals surface area contributed by atoms with Crippen LogP contribution in [0.4, 0.5) is 11.4 Å². The van der Waals surface area contributed by atoms with Crippen LogP contribution in [0.3, 0.4) is 0 Å². The molecule has 1 aliphatic rings. The average molecular weight is 393 g/mol. The number of nitrogens with zero attached hydrogens (tertiary/aromatic N) is 3. The van der Waals surface area contributed by atoms with Crippen molar-refractivity contribution in [3.05, 3.63) is 59.7 Å². The molecule has 2 aromatic rings. The molecule has 1 heterocycles. The Hall–Kier alpha value is -3.15. The van der Waals surface area contributed by atoms with Crippen LogP contribution in [0, 0.1) is 6.92 Å². The predicted octanol–water partition coefficient (Wildman–Crippen LogP) is 2.90. The Labute approximate surface area is 171 Å². The van der Waals surface area contributed by atoms with Crippen LogP contribution >= 0.6 is 0 Å². The maximum Gasteiger partial charge on any atom is 0.242 e. The van der Waals surface area contributed by atoms with E-state index >= 15 is 0 Å². The largest absolute Gasteiger partial charge is 0.368 e. The first-order valence-corrected chi connectivity index (χ1v) is 9.83. The number of hydrogen-bond acceptors (Lipinski definition) is 4. The quantitative estimate of drug-likeness (QED) is 0.733. The summed E-state index contributed by atoms with van der Waals surface area (Å²) in [5, 5.41) is 0. The van der Waals surface area contributed by atoms with Crippen molar-refractivity contribution in [3.63, 3.8) is 0 Å². The van der Waals surface area contributed by atoms with Crippen molar-refractivity contribution < 1.29 is 14.4 Å². The van der Waals surface area contributed by atoms with Crippen LogP contribution in [0.25, 0.3) is 0 Å². The number of anilines is 2. The number of aryl methyl sites for hydroxylation is 1. The minimum absolute atomic E-state index is 0.0267. The Bertz CT molecular complexity index is 917. The minimum Gasteiger partial charge on any atom is -0.368 e. The molecule has 29 heavy (non-hydrogen) atoms. The third-order valence-corrected chi connectivity index (χ3v) is 5.24. The molecule has 0 spiro atoms. The van der Waals surface area contributed by atoms with Crippen LogP contribution in [0.5, 0.6) is 0 Å². The molecular formula is C23H27N3O3. The molecule has 2 amide bonds. The first-order valence-electron chi connectivity index (χ1n) is 9.83. The number of amides is 2. The molecule has 0 unspecified atom stereocenters. The van der Waals surface area contributed by atoms with Gasteiger partial charge in [-0.25, -0.2) is 0 Å². The molecule has 1 aliphatic heterocycles. The highest BCUT2D eigenvalue weighted by atomic mass is 16.2. The summed E-state index contributed by atoms with van der Waals surface area (Å²) in [5.74, 6) is -0.385. The number of rotatable bonds is 5. The molecule has 152 valence electrons. The van der Waals surface area contributed by atoms with Crippen molar-refractivity contribution in [3.8, 4) is 0 Å². The smallest absolute Gasteiger partial charge is 0.242 e. The van der Waals surface area contributed by atoms with E-state index in [4.69, 9.17) is 0 Å². The van der Waals surface area contributed by atoms with E-state index in [0.29, 0.717) is 24.3 Å². The van der Waals surface area contributed by atoms with Gasteiger partial charge in [0.25, 0.3) is 0 Å². The lowest BCUT2D eigenvalue weighted by molar-refractivity contribution is -0.131. The van der Waals surface area contributed by atoms with Crippen LogP contribution in [0.2, 0.25) is 0 Å². The Morgan fingerprint density at radius 1 is 0.931 bits per heavy atom. The Morgan fingerprint density at radius 2 is 1.62 bits per heavy atom. The van der Waals surface area contributed by atoms with E-state index in [1.165, 1.54) is 30.0 Å². The molecular weight excluding hydrogens is 366 g/mol. The molecule has 0 bridgehead atoms. The van der Waals surface area contributed by atoms with E-state index in [1.54, 1.807) is 29.2 Å². The zero-order valence-electron chi connectivity index (χ0n) is 17.2. The van der Waals surface area contributed by atoms with E-state index in [1.807, 2.05) is 6.07 Å². The third kappa shape index (κ3) is 5.02. The lowest BCUT2D eigenvalue weighted by Gasteiger charge is -2.37. The zero-order chi connectivity index (χ0) is 21.0. The maximum atomic E-state index is 12.8. The van der Waals surface area contributed by atoms with Gasteiger partial charge < -0.3 is 14.7 Å². The van der Waals surface area contributed by atoms with Crippen molar-refractivity contribution >= 4 is 29.0 Å². The number of carbonyl (C=O) groups is 3. The van der Waals surface area contributed by atoms with Gasteiger partial charge in [-0.2, -0.15) is 0 Å². The van der Waals surface area contributed by atoms with E-state index in [2.05, 4.69) is 30.0 Å². The van der Waals surface area contributed by atoms with Gasteiger partial charge in [0.15, 0.2) is 5.78 Å². The van der Waals surface area contributed by atoms with E-state index in [9.17, 15) is 14.4 Å². The number of carbonyl (C=O) groups excluding carboxylic acids is 3. The minimum atomic E-state index is -0.225. The van der Waals surface area contributed by atoms with Gasteiger partial charge in [-0.3, -0.25) is 14.4 Å². The van der Waals surface area contributed by atoms with Gasteiger partial charge in [-0.05, 0) is 43.7 Å². The number of Topliss-reactive ketones (excluding diaryl/α,β-unsaturated/α-hetero) is 1. The summed E-state index contributed by atoms with van der Waals surface area (Å²) in [6, 6.07) is 15.2. The van der Waals surface area contributed by atoms with Crippen molar-refractivity contribution in [2.24, 2.45) is 0 Å². The standard InChI is InChI=1S/C23H27N3O3/c1-17-6-4-8-21(14-17)24-10-12-25(13-11-24)23(29)16-26(19(3)28)22-9-5-7-20(15-22)18(2)27/h4-9,14-15H,10-13,16H2,1-3H3. The number of ketones is 1. The van der Waals surface area contributed by atoms with E-state index < -0.39 is 0 Å². The highest BCUT2D eigenvalue weighted by Crippen LogP contribution is 2.20. The number of piperazine rings is 1. The van der Waals surface area contributed by atoms with Crippen molar-refractivity contribution in [1.29, 1.82) is 0 Å². The predicted molar refractivity (Wildman–Crippen MR) is 114 cm³/mol. The molecule has 0 atom stereocenters. The van der Waals surface area contributed by atoms with Crippen LogP contribution in [-0.2, 0) is 9.59 Å². The lowest BCUT2D eigenvalue weighted by Crippen LogP contribution is -2.51.